The molecule has 30 heavy (non-hydrogen) atoms. The molecule has 1 aliphatic rings. The molecule has 8 heteroatoms. The molecule has 8 nitrogen and oxygen atoms in total. The normalized spacial score (nSPS) is 15.5. The summed E-state index contributed by atoms with van der Waals surface area (Å²) in [7, 11) is 1.81. The molecule has 2 N–H and O–H groups in total. The van der Waals surface area contributed by atoms with Crippen molar-refractivity contribution in [3.63, 3.8) is 0 Å². The Morgan fingerprint density at radius 3 is 2.50 bits per heavy atom. The second kappa shape index (κ2) is 11.0. The molecule has 0 bridgehead atoms. The molecule has 1 aliphatic heterocycles. The van der Waals surface area contributed by atoms with E-state index in [1.165, 1.54) is 16.8 Å². The third-order valence-corrected chi connectivity index (χ3v) is 5.89. The Labute approximate surface area is 180 Å². The summed E-state index contributed by atoms with van der Waals surface area (Å²) in [6.07, 6.45) is 2.68. The fourth-order valence-corrected chi connectivity index (χ4v) is 3.88. The van der Waals surface area contributed by atoms with Crippen molar-refractivity contribution >= 4 is 11.6 Å². The molecule has 1 fully saturated rings. The Hall–Kier alpha value is -2.61. The summed E-state index contributed by atoms with van der Waals surface area (Å²) >= 11 is 0. The van der Waals surface area contributed by atoms with E-state index in [4.69, 9.17) is 0 Å². The predicted molar refractivity (Wildman–Crippen MR) is 123 cm³/mol. The Balaban J connectivity index is 1.35. The van der Waals surface area contributed by atoms with Crippen LogP contribution >= 0.6 is 0 Å². The largest absolute Gasteiger partial charge is 0.369 e. The molecular weight excluding hydrogens is 376 g/mol. The molecule has 0 saturated carbocycles. The summed E-state index contributed by atoms with van der Waals surface area (Å²) in [6.45, 7) is 14.4. The molecule has 0 amide bonds. The van der Waals surface area contributed by atoms with E-state index in [1.54, 1.807) is 6.33 Å². The fourth-order valence-electron chi connectivity index (χ4n) is 3.88. The molecule has 0 unspecified atom stereocenters. The molecular formula is C22H36N8. The van der Waals surface area contributed by atoms with Crippen molar-refractivity contribution in [2.75, 3.05) is 57.8 Å². The molecule has 0 aliphatic carbocycles. The molecule has 0 atom stereocenters. The average Bonchev–Trinajstić information content (AvgIpc) is 3.22. The fraction of sp³-hybridized carbons (Fsp3) is 0.591. The van der Waals surface area contributed by atoms with E-state index in [0.29, 0.717) is 0 Å². The van der Waals surface area contributed by atoms with Crippen molar-refractivity contribution in [1.29, 1.82) is 0 Å². The quantitative estimate of drug-likeness (QED) is 0.505. The standard InChI is InChI=1S/C22H36N8/c1-5-21-27-26-17-30(21)12-10-25-22(23-4)24-9-11-28-13-15-29(16-14-28)20-8-6-7-18(2)19(20)3/h6-8,17H,5,9-16H2,1-4H3,(H2,23,24,25). The average molecular weight is 413 g/mol. The van der Waals surface area contributed by atoms with E-state index >= 15 is 0 Å². The first-order chi connectivity index (χ1) is 14.6. The van der Waals surface area contributed by atoms with Crippen molar-refractivity contribution in [2.45, 2.75) is 33.7 Å². The number of aryl methyl sites for hydroxylation is 2. The Bertz CT molecular complexity index is 820. The van der Waals surface area contributed by atoms with E-state index in [0.717, 1.165) is 70.6 Å². The molecule has 164 valence electrons. The van der Waals surface area contributed by atoms with Crippen molar-refractivity contribution in [3.8, 4) is 0 Å². The summed E-state index contributed by atoms with van der Waals surface area (Å²) < 4.78 is 2.08. The molecule has 1 aromatic heterocycles. The number of anilines is 1. The van der Waals surface area contributed by atoms with Gasteiger partial charge in [0.1, 0.15) is 12.2 Å². The van der Waals surface area contributed by atoms with Crippen molar-refractivity contribution in [3.05, 3.63) is 41.5 Å². The van der Waals surface area contributed by atoms with E-state index in [-0.39, 0.29) is 0 Å². The van der Waals surface area contributed by atoms with Gasteiger partial charge in [-0.05, 0) is 31.0 Å². The Morgan fingerprint density at radius 2 is 1.80 bits per heavy atom. The number of hydrogen-bond acceptors (Lipinski definition) is 5. The van der Waals surface area contributed by atoms with Crippen LogP contribution in [0.5, 0.6) is 0 Å². The zero-order chi connectivity index (χ0) is 21.3. The van der Waals surface area contributed by atoms with Crippen LogP contribution in [0.4, 0.5) is 5.69 Å². The zero-order valence-electron chi connectivity index (χ0n) is 18.9. The van der Waals surface area contributed by atoms with Crippen LogP contribution in [0.15, 0.2) is 29.5 Å². The van der Waals surface area contributed by atoms with Gasteiger partial charge in [-0.1, -0.05) is 19.1 Å². The van der Waals surface area contributed by atoms with Gasteiger partial charge in [0.15, 0.2) is 5.96 Å². The minimum atomic E-state index is 0.791. The van der Waals surface area contributed by atoms with E-state index in [2.05, 4.69) is 79.2 Å². The van der Waals surface area contributed by atoms with Crippen LogP contribution in [0.1, 0.15) is 23.9 Å². The van der Waals surface area contributed by atoms with Gasteiger partial charge in [-0.25, -0.2) is 0 Å². The number of nitrogens with zero attached hydrogens (tertiary/aromatic N) is 6. The van der Waals surface area contributed by atoms with Crippen molar-refractivity contribution < 1.29 is 0 Å². The van der Waals surface area contributed by atoms with Gasteiger partial charge in [0, 0.05) is 71.5 Å². The number of aliphatic imine (C=N–C) groups is 1. The van der Waals surface area contributed by atoms with Crippen LogP contribution < -0.4 is 15.5 Å². The highest BCUT2D eigenvalue weighted by atomic mass is 15.3. The van der Waals surface area contributed by atoms with Gasteiger partial charge in [0.05, 0.1) is 0 Å². The molecule has 2 heterocycles. The van der Waals surface area contributed by atoms with Gasteiger partial charge in [0.2, 0.25) is 0 Å². The first-order valence-electron chi connectivity index (χ1n) is 11.0. The first kappa shape index (κ1) is 22.1. The summed E-state index contributed by atoms with van der Waals surface area (Å²) in [5.41, 5.74) is 4.16. The van der Waals surface area contributed by atoms with E-state index in [9.17, 15) is 0 Å². The maximum absolute atomic E-state index is 4.33. The number of benzene rings is 1. The third kappa shape index (κ3) is 5.72. The smallest absolute Gasteiger partial charge is 0.191 e. The highest BCUT2D eigenvalue weighted by Gasteiger charge is 2.18. The van der Waals surface area contributed by atoms with E-state index < -0.39 is 0 Å². The second-order valence-corrected chi connectivity index (χ2v) is 7.77. The van der Waals surface area contributed by atoms with Gasteiger partial charge in [-0.3, -0.25) is 9.89 Å². The number of rotatable bonds is 8. The SMILES string of the molecule is CCc1nncn1CCNC(=NC)NCCN1CCN(c2cccc(C)c2C)CC1. The summed E-state index contributed by atoms with van der Waals surface area (Å²) in [4.78, 5) is 9.37. The highest BCUT2D eigenvalue weighted by molar-refractivity contribution is 5.79. The molecule has 1 saturated heterocycles. The van der Waals surface area contributed by atoms with Crippen LogP contribution in [0.2, 0.25) is 0 Å². The van der Waals surface area contributed by atoms with Crippen LogP contribution in [0, 0.1) is 13.8 Å². The van der Waals surface area contributed by atoms with Crippen LogP contribution in [-0.2, 0) is 13.0 Å². The summed E-state index contributed by atoms with van der Waals surface area (Å²) in [6, 6.07) is 6.61. The summed E-state index contributed by atoms with van der Waals surface area (Å²) in [5.74, 6) is 1.86. The maximum Gasteiger partial charge on any atom is 0.191 e. The van der Waals surface area contributed by atoms with Gasteiger partial charge in [-0.15, -0.1) is 10.2 Å². The minimum Gasteiger partial charge on any atom is -0.369 e. The minimum absolute atomic E-state index is 0.791. The van der Waals surface area contributed by atoms with Gasteiger partial charge in [-0.2, -0.15) is 0 Å². The Morgan fingerprint density at radius 1 is 1.07 bits per heavy atom. The lowest BCUT2D eigenvalue weighted by Crippen LogP contribution is -2.49. The maximum atomic E-state index is 4.33. The predicted octanol–water partition coefficient (Wildman–Crippen LogP) is 1.44. The van der Waals surface area contributed by atoms with E-state index in [1.807, 2.05) is 7.05 Å². The van der Waals surface area contributed by atoms with Crippen molar-refractivity contribution in [1.82, 2.24) is 30.3 Å². The molecule has 0 spiro atoms. The number of nitrogens with one attached hydrogen (secondary N) is 2. The number of guanidine groups is 1. The van der Waals surface area contributed by atoms with Crippen LogP contribution in [0.25, 0.3) is 0 Å². The molecule has 0 radical (unpaired) electrons. The van der Waals surface area contributed by atoms with Crippen molar-refractivity contribution in [2.24, 2.45) is 4.99 Å². The monoisotopic (exact) mass is 412 g/mol. The van der Waals surface area contributed by atoms with Gasteiger partial charge in [0.25, 0.3) is 0 Å². The lowest BCUT2D eigenvalue weighted by atomic mass is 10.1. The zero-order valence-corrected chi connectivity index (χ0v) is 18.9. The second-order valence-electron chi connectivity index (χ2n) is 7.77. The third-order valence-electron chi connectivity index (χ3n) is 5.89. The first-order valence-corrected chi connectivity index (χ1v) is 11.0. The number of aromatic nitrogens is 3. The highest BCUT2D eigenvalue weighted by Crippen LogP contribution is 2.23. The lowest BCUT2D eigenvalue weighted by Gasteiger charge is -2.37. The van der Waals surface area contributed by atoms with Crippen LogP contribution in [0.3, 0.4) is 0 Å². The summed E-state index contributed by atoms with van der Waals surface area (Å²) in [5, 5.41) is 14.9. The van der Waals surface area contributed by atoms with Crippen LogP contribution in [-0.4, -0.2) is 78.5 Å². The van der Waals surface area contributed by atoms with Gasteiger partial charge < -0.3 is 20.1 Å². The molecule has 3 rings (SSSR count). The van der Waals surface area contributed by atoms with Gasteiger partial charge >= 0.3 is 0 Å². The molecule has 1 aromatic carbocycles. The molecule has 2 aromatic rings. The number of piperazine rings is 1. The Kier molecular flexibility index (Phi) is 8.07. The topological polar surface area (TPSA) is 73.6 Å². The lowest BCUT2D eigenvalue weighted by molar-refractivity contribution is 0.261. The number of hydrogen-bond donors (Lipinski definition) is 2.